The van der Waals surface area contributed by atoms with E-state index in [0.29, 0.717) is 23.6 Å². The number of hydrogen-bond acceptors (Lipinski definition) is 16. The van der Waals surface area contributed by atoms with E-state index in [0.717, 1.165) is 31.7 Å². The molecule has 0 spiro atoms. The molecule has 1 amide bonds. The minimum Gasteiger partial charge on any atom is -0.443 e. The third-order valence-corrected chi connectivity index (χ3v) is 15.0. The quantitative estimate of drug-likeness (QED) is 0.0627. The lowest BCUT2D eigenvalue weighted by Gasteiger charge is -2.38. The summed E-state index contributed by atoms with van der Waals surface area (Å²) in [5.74, 6) is -0.437. The van der Waals surface area contributed by atoms with E-state index in [1.807, 2.05) is 46.8 Å². The van der Waals surface area contributed by atoms with Crippen molar-refractivity contribution < 1.29 is 51.6 Å². The van der Waals surface area contributed by atoms with Crippen molar-refractivity contribution in [1.82, 2.24) is 34.8 Å². The van der Waals surface area contributed by atoms with Crippen molar-refractivity contribution in [2.45, 2.75) is 160 Å². The van der Waals surface area contributed by atoms with E-state index in [9.17, 15) is 9.36 Å². The SMILES string of the molecule is CCOP(=O)(OCC)[C@@](COC)(Cc1nnn(COCC[Si](C)(C)C)n1)OC[C@H]1O[C@H](c2ccc3c(N(C(=O)OC(C)(C)C)C4CCCC4)nc(Cl)nn23)[C@@H]2OC(C)(C)O[C@@H]21. The first kappa shape index (κ1) is 47.8. The van der Waals surface area contributed by atoms with Crippen LogP contribution in [0, 0.1) is 0 Å². The third-order valence-electron chi connectivity index (χ3n) is 10.6. The van der Waals surface area contributed by atoms with Gasteiger partial charge in [-0.1, -0.05) is 32.5 Å². The molecule has 19 nitrogen and oxygen atoms in total. The molecular weight excluding hydrogens is 851 g/mol. The van der Waals surface area contributed by atoms with Gasteiger partial charge in [0.1, 0.15) is 35.5 Å². The van der Waals surface area contributed by atoms with Crippen LogP contribution in [0.25, 0.3) is 5.52 Å². The molecule has 3 aromatic rings. The second-order valence-corrected chi connectivity index (χ2v) is 26.6. The smallest absolute Gasteiger partial charge is 0.416 e. The highest BCUT2D eigenvalue weighted by Gasteiger charge is 2.59. The van der Waals surface area contributed by atoms with Crippen LogP contribution >= 0.6 is 19.2 Å². The van der Waals surface area contributed by atoms with Crippen molar-refractivity contribution in [3.05, 3.63) is 28.9 Å². The Kier molecular flexibility index (Phi) is 15.1. The van der Waals surface area contributed by atoms with E-state index < -0.39 is 62.9 Å². The molecule has 0 N–H and O–H groups in total. The van der Waals surface area contributed by atoms with Crippen molar-refractivity contribution >= 4 is 44.7 Å². The van der Waals surface area contributed by atoms with Crippen LogP contribution in [0.5, 0.6) is 0 Å². The molecule has 5 atom stereocenters. The molecular formula is C39H64ClN8O11PSi. The highest BCUT2D eigenvalue weighted by molar-refractivity contribution is 7.55. The molecule has 0 aromatic carbocycles. The molecule has 22 heteroatoms. The highest BCUT2D eigenvalue weighted by Crippen LogP contribution is 2.62. The number of amides is 1. The maximum Gasteiger partial charge on any atom is 0.416 e. The van der Waals surface area contributed by atoms with Crippen LogP contribution in [0.2, 0.25) is 31.0 Å². The molecule has 6 rings (SSSR count). The van der Waals surface area contributed by atoms with E-state index in [-0.39, 0.29) is 56.7 Å². The highest BCUT2D eigenvalue weighted by atomic mass is 35.5. The Morgan fingerprint density at radius 2 is 1.75 bits per heavy atom. The fourth-order valence-corrected chi connectivity index (χ4v) is 10.9. The summed E-state index contributed by atoms with van der Waals surface area (Å²) in [6.07, 6.45) is 0.0707. The van der Waals surface area contributed by atoms with Gasteiger partial charge in [0.05, 0.1) is 38.5 Å². The van der Waals surface area contributed by atoms with Crippen LogP contribution in [0.3, 0.4) is 0 Å². The first-order chi connectivity index (χ1) is 28.7. The van der Waals surface area contributed by atoms with Crippen molar-refractivity contribution in [3.63, 3.8) is 0 Å². The summed E-state index contributed by atoms with van der Waals surface area (Å²) in [6.45, 7) is 19.8. The number of rotatable bonds is 20. The molecule has 3 fully saturated rings. The summed E-state index contributed by atoms with van der Waals surface area (Å²) in [4.78, 5) is 21.4. The minimum absolute atomic E-state index is 0.0643. The van der Waals surface area contributed by atoms with Crippen molar-refractivity contribution in [2.75, 3.05) is 45.0 Å². The lowest BCUT2D eigenvalue weighted by atomic mass is 10.1. The molecule has 2 aliphatic heterocycles. The van der Waals surface area contributed by atoms with E-state index in [1.54, 1.807) is 23.3 Å². The van der Waals surface area contributed by atoms with Gasteiger partial charge >= 0.3 is 13.7 Å². The van der Waals surface area contributed by atoms with Gasteiger partial charge in [-0.25, -0.2) is 9.31 Å². The summed E-state index contributed by atoms with van der Waals surface area (Å²) in [7, 11) is -3.96. The number of carbonyl (C=O) groups is 1. The van der Waals surface area contributed by atoms with E-state index in [4.69, 9.17) is 53.8 Å². The number of halogens is 1. The molecule has 3 aromatic heterocycles. The van der Waals surface area contributed by atoms with E-state index >= 15 is 0 Å². The normalized spacial score (nSPS) is 23.1. The van der Waals surface area contributed by atoms with E-state index in [1.165, 1.54) is 11.9 Å². The van der Waals surface area contributed by atoms with Gasteiger partial charge in [-0.05, 0) is 96.3 Å². The zero-order valence-corrected chi connectivity index (χ0v) is 40.1. The molecule has 2 saturated heterocycles. The van der Waals surface area contributed by atoms with Gasteiger partial charge in [-0.3, -0.25) is 9.46 Å². The van der Waals surface area contributed by atoms with Gasteiger partial charge in [0.2, 0.25) is 5.28 Å². The molecule has 342 valence electrons. The monoisotopic (exact) mass is 914 g/mol. The number of aromatic nitrogens is 7. The molecule has 5 heterocycles. The number of tetrazole rings is 1. The van der Waals surface area contributed by atoms with Gasteiger partial charge in [-0.2, -0.15) is 4.98 Å². The number of ether oxygens (including phenoxy) is 7. The van der Waals surface area contributed by atoms with Crippen LogP contribution in [0.4, 0.5) is 10.6 Å². The van der Waals surface area contributed by atoms with Gasteiger partial charge in [0, 0.05) is 27.8 Å². The first-order valence-corrected chi connectivity index (χ1v) is 26.8. The average molecular weight is 915 g/mol. The third kappa shape index (κ3) is 11.2. The van der Waals surface area contributed by atoms with Crippen LogP contribution in [0.15, 0.2) is 12.1 Å². The Bertz CT molecular complexity index is 1990. The predicted octanol–water partition coefficient (Wildman–Crippen LogP) is 7.19. The summed E-state index contributed by atoms with van der Waals surface area (Å²) >= 11 is 6.65. The Morgan fingerprint density at radius 3 is 2.39 bits per heavy atom. The van der Waals surface area contributed by atoms with Gasteiger partial charge in [0.15, 0.2) is 29.5 Å². The van der Waals surface area contributed by atoms with Crippen molar-refractivity contribution in [2.24, 2.45) is 0 Å². The molecule has 1 saturated carbocycles. The fraction of sp³-hybridized carbons (Fsp3) is 0.795. The van der Waals surface area contributed by atoms with Crippen LogP contribution in [-0.2, 0) is 59.9 Å². The Balaban J connectivity index is 1.31. The zero-order chi connectivity index (χ0) is 44.4. The lowest BCUT2D eigenvalue weighted by Crippen LogP contribution is -2.45. The molecule has 0 bridgehead atoms. The summed E-state index contributed by atoms with van der Waals surface area (Å²) in [5.41, 5.74) is 0.382. The number of hydrogen-bond donors (Lipinski definition) is 0. The van der Waals surface area contributed by atoms with Gasteiger partial charge < -0.3 is 42.2 Å². The van der Waals surface area contributed by atoms with Gasteiger partial charge in [0.25, 0.3) is 0 Å². The Hall–Kier alpha value is -2.62. The standard InChI is InChI=1S/C39H64ClN8O11PSi/c1-12-54-60(50,55-13-2)39(24-51-8,22-30-42-45-46(43-30)25-52-20-21-61(9,10)11)53-23-29-32-33(58-38(6,7)57-32)31(56-29)27-18-19-28-34(41-35(40)44-48(27)28)47(26-16-14-15-17-26)36(49)59-37(3,4)5/h18-19,26,29,31-33H,12-17,20-25H2,1-11H3/t29-,31-,32-,33+,39-/m1/s1. The van der Waals surface area contributed by atoms with Crippen LogP contribution < -0.4 is 4.90 Å². The number of carbonyl (C=O) groups excluding carboxylic acids is 1. The topological polar surface area (TPSA) is 194 Å². The largest absolute Gasteiger partial charge is 0.443 e. The van der Waals surface area contributed by atoms with Crippen LogP contribution in [-0.4, -0.2) is 130 Å². The molecule has 0 radical (unpaired) electrons. The first-order valence-electron chi connectivity index (χ1n) is 21.2. The van der Waals surface area contributed by atoms with E-state index in [2.05, 4.69) is 45.1 Å². The fourth-order valence-electron chi connectivity index (χ4n) is 7.95. The average Bonchev–Trinajstić information content (AvgIpc) is 3.99. The Labute approximate surface area is 364 Å². The van der Waals surface area contributed by atoms with Gasteiger partial charge in [-0.15, -0.1) is 20.1 Å². The van der Waals surface area contributed by atoms with Crippen molar-refractivity contribution in [3.8, 4) is 0 Å². The summed E-state index contributed by atoms with van der Waals surface area (Å²) in [6, 6.07) is 4.54. The van der Waals surface area contributed by atoms with Crippen molar-refractivity contribution in [1.29, 1.82) is 0 Å². The lowest BCUT2D eigenvalue weighted by molar-refractivity contribution is -0.198. The van der Waals surface area contributed by atoms with Crippen LogP contribution in [0.1, 0.15) is 91.8 Å². The minimum atomic E-state index is -4.13. The second-order valence-electron chi connectivity index (χ2n) is 18.3. The zero-order valence-electron chi connectivity index (χ0n) is 37.4. The summed E-state index contributed by atoms with van der Waals surface area (Å²) < 4.78 is 72.3. The maximum atomic E-state index is 14.9. The number of methoxy groups -OCH3 is 1. The summed E-state index contributed by atoms with van der Waals surface area (Å²) in [5, 5.41) is 15.8. The molecule has 3 aliphatic rings. The number of anilines is 1. The second kappa shape index (κ2) is 19.2. The number of nitrogens with zero attached hydrogens (tertiary/aromatic N) is 8. The molecule has 61 heavy (non-hydrogen) atoms. The number of fused-ring (bicyclic) bond motifs is 2. The maximum absolute atomic E-state index is 14.9. The molecule has 1 aliphatic carbocycles. The molecule has 0 unspecified atom stereocenters. The Morgan fingerprint density at radius 1 is 1.07 bits per heavy atom. The predicted molar refractivity (Wildman–Crippen MR) is 227 cm³/mol.